The number of nitrogens with one attached hydrogen (secondary N) is 1. The van der Waals surface area contributed by atoms with Gasteiger partial charge in [-0.15, -0.1) is 0 Å². The Morgan fingerprint density at radius 3 is 2.29 bits per heavy atom. The van der Waals surface area contributed by atoms with E-state index in [1.807, 2.05) is 24.3 Å². The third-order valence-electron chi connectivity index (χ3n) is 2.43. The molecule has 0 radical (unpaired) electrons. The molecule has 0 unspecified atom stereocenters. The van der Waals surface area contributed by atoms with Crippen molar-refractivity contribution >= 4 is 27.3 Å². The number of rotatable bonds is 2. The molecule has 0 bridgehead atoms. The van der Waals surface area contributed by atoms with Gasteiger partial charge in [-0.2, -0.15) is 5.26 Å². The lowest BCUT2D eigenvalue weighted by atomic mass is 10.2. The van der Waals surface area contributed by atoms with Gasteiger partial charge in [-0.1, -0.05) is 17.7 Å². The van der Waals surface area contributed by atoms with Crippen molar-refractivity contribution in [1.82, 2.24) is 0 Å². The van der Waals surface area contributed by atoms with E-state index in [1.54, 1.807) is 6.07 Å². The summed E-state index contributed by atoms with van der Waals surface area (Å²) in [5, 5.41) is 12.1. The van der Waals surface area contributed by atoms with Crippen molar-refractivity contribution in [3.05, 3.63) is 58.1 Å². The van der Waals surface area contributed by atoms with Crippen LogP contribution in [-0.4, -0.2) is 0 Å². The highest BCUT2D eigenvalue weighted by atomic mass is 79.9. The Balaban J connectivity index is 2.22. The minimum Gasteiger partial charge on any atom is -0.355 e. The number of nitriles is 1. The van der Waals surface area contributed by atoms with Gasteiger partial charge >= 0.3 is 0 Å². The van der Waals surface area contributed by atoms with Crippen molar-refractivity contribution < 1.29 is 0 Å². The molecule has 0 saturated heterocycles. The van der Waals surface area contributed by atoms with Gasteiger partial charge in [-0.25, -0.2) is 0 Å². The molecular weight excluding hydrogens is 276 g/mol. The van der Waals surface area contributed by atoms with Crippen LogP contribution in [0.1, 0.15) is 11.1 Å². The topological polar surface area (TPSA) is 35.8 Å². The second-order valence-corrected chi connectivity index (χ2v) is 4.65. The molecule has 84 valence electrons. The molecule has 2 aromatic rings. The normalized spacial score (nSPS) is 9.71. The molecule has 2 rings (SSSR count). The van der Waals surface area contributed by atoms with Crippen LogP contribution in [-0.2, 0) is 0 Å². The molecule has 1 N–H and O–H groups in total. The number of aryl methyl sites for hydroxylation is 1. The van der Waals surface area contributed by atoms with Crippen molar-refractivity contribution in [2.75, 3.05) is 5.32 Å². The lowest BCUT2D eigenvalue weighted by Gasteiger charge is -2.07. The zero-order chi connectivity index (χ0) is 12.3. The third-order valence-corrected chi connectivity index (χ3v) is 3.09. The van der Waals surface area contributed by atoms with Crippen LogP contribution in [0.3, 0.4) is 0 Å². The van der Waals surface area contributed by atoms with Crippen LogP contribution in [0.15, 0.2) is 46.9 Å². The van der Waals surface area contributed by atoms with Crippen molar-refractivity contribution in [2.45, 2.75) is 6.92 Å². The van der Waals surface area contributed by atoms with E-state index in [4.69, 9.17) is 5.26 Å². The zero-order valence-corrected chi connectivity index (χ0v) is 11.0. The molecule has 3 heteroatoms. The van der Waals surface area contributed by atoms with Gasteiger partial charge in [0.15, 0.2) is 0 Å². The van der Waals surface area contributed by atoms with Gasteiger partial charge in [-0.3, -0.25) is 0 Å². The molecule has 2 nitrogen and oxygen atoms in total. The molecule has 0 aliphatic carbocycles. The van der Waals surface area contributed by atoms with Crippen molar-refractivity contribution in [3.63, 3.8) is 0 Å². The monoisotopic (exact) mass is 286 g/mol. The average Bonchev–Trinajstić information content (AvgIpc) is 2.32. The first-order valence-corrected chi connectivity index (χ1v) is 6.01. The highest BCUT2D eigenvalue weighted by Crippen LogP contribution is 2.23. The molecule has 0 atom stereocenters. The van der Waals surface area contributed by atoms with Gasteiger partial charge in [0.25, 0.3) is 0 Å². The molecule has 0 spiro atoms. The van der Waals surface area contributed by atoms with E-state index in [0.29, 0.717) is 5.56 Å². The molecule has 2 aromatic carbocycles. The summed E-state index contributed by atoms with van der Waals surface area (Å²) in [4.78, 5) is 0. The summed E-state index contributed by atoms with van der Waals surface area (Å²) in [6.45, 7) is 2.06. The Labute approximate surface area is 109 Å². The van der Waals surface area contributed by atoms with Crippen LogP contribution in [0.4, 0.5) is 11.4 Å². The van der Waals surface area contributed by atoms with E-state index in [9.17, 15) is 0 Å². The zero-order valence-electron chi connectivity index (χ0n) is 9.37. The fourth-order valence-electron chi connectivity index (χ4n) is 1.49. The van der Waals surface area contributed by atoms with Gasteiger partial charge in [0.1, 0.15) is 6.07 Å². The Bertz CT molecular complexity index is 568. The van der Waals surface area contributed by atoms with Crippen LogP contribution < -0.4 is 5.32 Å². The van der Waals surface area contributed by atoms with Crippen molar-refractivity contribution in [3.8, 4) is 6.07 Å². The second-order valence-electron chi connectivity index (χ2n) is 3.80. The smallest absolute Gasteiger partial charge is 0.100 e. The van der Waals surface area contributed by atoms with Crippen LogP contribution in [0.2, 0.25) is 0 Å². The summed E-state index contributed by atoms with van der Waals surface area (Å²) in [6, 6.07) is 15.9. The van der Waals surface area contributed by atoms with Crippen LogP contribution in [0, 0.1) is 18.3 Å². The first kappa shape index (κ1) is 11.7. The summed E-state index contributed by atoms with van der Waals surface area (Å²) in [5.74, 6) is 0. The quantitative estimate of drug-likeness (QED) is 0.890. The number of hydrogen-bond acceptors (Lipinski definition) is 2. The van der Waals surface area contributed by atoms with Gasteiger partial charge in [0.05, 0.1) is 5.56 Å². The van der Waals surface area contributed by atoms with E-state index in [1.165, 1.54) is 5.56 Å². The van der Waals surface area contributed by atoms with E-state index < -0.39 is 0 Å². The van der Waals surface area contributed by atoms with Crippen molar-refractivity contribution in [1.29, 1.82) is 5.26 Å². The fourth-order valence-corrected chi connectivity index (χ4v) is 1.95. The summed E-state index contributed by atoms with van der Waals surface area (Å²) in [7, 11) is 0. The minimum atomic E-state index is 0.638. The molecular formula is C14H11BrN2. The van der Waals surface area contributed by atoms with E-state index >= 15 is 0 Å². The van der Waals surface area contributed by atoms with Gasteiger partial charge < -0.3 is 5.32 Å². The Morgan fingerprint density at radius 2 is 1.71 bits per heavy atom. The van der Waals surface area contributed by atoms with Gasteiger partial charge in [-0.05, 0) is 53.2 Å². The summed E-state index contributed by atoms with van der Waals surface area (Å²) < 4.78 is 0.803. The SMILES string of the molecule is Cc1ccc(Nc2ccc(C#N)c(Br)c2)cc1. The molecule has 0 amide bonds. The maximum Gasteiger partial charge on any atom is 0.100 e. The molecule has 0 aliphatic heterocycles. The molecule has 0 aromatic heterocycles. The molecule has 0 fully saturated rings. The maximum absolute atomic E-state index is 8.83. The number of hydrogen-bond donors (Lipinski definition) is 1. The predicted molar refractivity (Wildman–Crippen MR) is 73.3 cm³/mol. The van der Waals surface area contributed by atoms with Crippen LogP contribution >= 0.6 is 15.9 Å². The van der Waals surface area contributed by atoms with E-state index in [2.05, 4.69) is 46.4 Å². The molecule has 17 heavy (non-hydrogen) atoms. The van der Waals surface area contributed by atoms with Crippen LogP contribution in [0.25, 0.3) is 0 Å². The summed E-state index contributed by atoms with van der Waals surface area (Å²) in [6.07, 6.45) is 0. The van der Waals surface area contributed by atoms with E-state index in [0.717, 1.165) is 15.8 Å². The molecule has 0 aliphatic rings. The number of halogens is 1. The Kier molecular flexibility index (Phi) is 3.46. The summed E-state index contributed by atoms with van der Waals surface area (Å²) in [5.41, 5.74) is 3.86. The van der Waals surface area contributed by atoms with Crippen molar-refractivity contribution in [2.24, 2.45) is 0 Å². The van der Waals surface area contributed by atoms with Gasteiger partial charge in [0.2, 0.25) is 0 Å². The lowest BCUT2D eigenvalue weighted by Crippen LogP contribution is -1.90. The van der Waals surface area contributed by atoms with E-state index in [-0.39, 0.29) is 0 Å². The first-order valence-electron chi connectivity index (χ1n) is 5.22. The maximum atomic E-state index is 8.83. The predicted octanol–water partition coefficient (Wildman–Crippen LogP) is 4.37. The molecule has 0 saturated carbocycles. The Morgan fingerprint density at radius 1 is 1.06 bits per heavy atom. The van der Waals surface area contributed by atoms with Gasteiger partial charge in [0, 0.05) is 15.8 Å². The third kappa shape index (κ3) is 2.86. The highest BCUT2D eigenvalue weighted by molar-refractivity contribution is 9.10. The summed E-state index contributed by atoms with van der Waals surface area (Å²) >= 11 is 3.37. The number of benzene rings is 2. The largest absolute Gasteiger partial charge is 0.355 e. The number of anilines is 2. The average molecular weight is 287 g/mol. The minimum absolute atomic E-state index is 0.638. The first-order chi connectivity index (χ1) is 8.19. The number of nitrogens with zero attached hydrogens (tertiary/aromatic N) is 1. The van der Waals surface area contributed by atoms with Crippen LogP contribution in [0.5, 0.6) is 0 Å². The highest BCUT2D eigenvalue weighted by Gasteiger charge is 2.00. The lowest BCUT2D eigenvalue weighted by molar-refractivity contribution is 1.44. The Hall–Kier alpha value is -1.79. The fraction of sp³-hybridized carbons (Fsp3) is 0.0714. The second kappa shape index (κ2) is 5.03. The standard InChI is InChI=1S/C14H11BrN2/c1-10-2-5-12(6-3-10)17-13-7-4-11(9-16)14(15)8-13/h2-8,17H,1H3. The molecule has 0 heterocycles.